The summed E-state index contributed by atoms with van der Waals surface area (Å²) in [6, 6.07) is -0.237. The second-order valence-corrected chi connectivity index (χ2v) is 6.77. The van der Waals surface area contributed by atoms with Crippen LogP contribution < -0.4 is 4.72 Å². The van der Waals surface area contributed by atoms with Crippen molar-refractivity contribution >= 4 is 10.0 Å². The largest absolute Gasteiger partial charge is 0.378 e. The van der Waals surface area contributed by atoms with E-state index < -0.39 is 10.0 Å². The van der Waals surface area contributed by atoms with Crippen LogP contribution >= 0.6 is 0 Å². The number of sulfonamides is 1. The lowest BCUT2D eigenvalue weighted by Crippen LogP contribution is -2.43. The first-order valence-corrected chi connectivity index (χ1v) is 8.16. The Morgan fingerprint density at radius 2 is 2.15 bits per heavy atom. The van der Waals surface area contributed by atoms with Crippen molar-refractivity contribution in [3.8, 4) is 0 Å². The minimum Gasteiger partial charge on any atom is -0.378 e. The van der Waals surface area contributed by atoms with E-state index in [1.807, 2.05) is 6.92 Å². The van der Waals surface area contributed by atoms with Crippen LogP contribution in [0, 0.1) is 13.8 Å². The number of aromatic nitrogens is 2. The van der Waals surface area contributed by atoms with Crippen molar-refractivity contribution in [1.29, 1.82) is 0 Å². The van der Waals surface area contributed by atoms with E-state index >= 15 is 0 Å². The zero-order valence-corrected chi connectivity index (χ0v) is 13.1. The molecular formula is C12H22N4O3S. The fraction of sp³-hybridized carbons (Fsp3) is 0.750. The van der Waals surface area contributed by atoms with E-state index in [4.69, 9.17) is 4.74 Å². The van der Waals surface area contributed by atoms with Gasteiger partial charge in [-0.25, -0.2) is 13.1 Å². The first kappa shape index (κ1) is 15.4. The molecule has 0 unspecified atom stereocenters. The number of ether oxygens (including phenoxy) is 1. The molecule has 1 aromatic heterocycles. The molecule has 0 aliphatic carbocycles. The molecule has 0 aromatic carbocycles. The Morgan fingerprint density at radius 3 is 2.65 bits per heavy atom. The summed E-state index contributed by atoms with van der Waals surface area (Å²) in [5, 5.41) is 6.64. The molecule has 0 saturated carbocycles. The van der Waals surface area contributed by atoms with Crippen molar-refractivity contribution in [1.82, 2.24) is 19.8 Å². The van der Waals surface area contributed by atoms with Crippen LogP contribution in [0.15, 0.2) is 4.90 Å². The lowest BCUT2D eigenvalue weighted by molar-refractivity contribution is 0.0954. The number of aromatic amines is 1. The van der Waals surface area contributed by atoms with Crippen LogP contribution in [0.3, 0.4) is 0 Å². The van der Waals surface area contributed by atoms with Crippen LogP contribution in [0.1, 0.15) is 18.3 Å². The first-order chi connectivity index (χ1) is 9.39. The highest BCUT2D eigenvalue weighted by Gasteiger charge is 2.36. The molecule has 1 aromatic rings. The van der Waals surface area contributed by atoms with Gasteiger partial charge in [0.2, 0.25) is 10.0 Å². The molecule has 2 N–H and O–H groups in total. The van der Waals surface area contributed by atoms with Gasteiger partial charge in [-0.2, -0.15) is 5.10 Å². The number of nitrogens with one attached hydrogen (secondary N) is 2. The van der Waals surface area contributed by atoms with Gasteiger partial charge in [0.1, 0.15) is 4.90 Å². The second kappa shape index (κ2) is 5.80. The van der Waals surface area contributed by atoms with Crippen LogP contribution in [0.2, 0.25) is 0 Å². The van der Waals surface area contributed by atoms with Crippen LogP contribution in [0.4, 0.5) is 0 Å². The van der Waals surface area contributed by atoms with Gasteiger partial charge in [0, 0.05) is 20.2 Å². The molecule has 20 heavy (non-hydrogen) atoms. The molecule has 8 heteroatoms. The van der Waals surface area contributed by atoms with Crippen molar-refractivity contribution in [2.24, 2.45) is 0 Å². The van der Waals surface area contributed by atoms with Gasteiger partial charge in [-0.15, -0.1) is 0 Å². The summed E-state index contributed by atoms with van der Waals surface area (Å²) in [6.07, 6.45) is -0.128. The van der Waals surface area contributed by atoms with Gasteiger partial charge >= 0.3 is 0 Å². The number of hydrogen-bond donors (Lipinski definition) is 2. The molecule has 2 rings (SSSR count). The third kappa shape index (κ3) is 2.88. The molecule has 1 aliphatic rings. The Morgan fingerprint density at radius 1 is 1.45 bits per heavy atom. The van der Waals surface area contributed by atoms with Gasteiger partial charge in [0.05, 0.1) is 23.5 Å². The summed E-state index contributed by atoms with van der Waals surface area (Å²) in [5.41, 5.74) is 1.03. The van der Waals surface area contributed by atoms with E-state index in [0.29, 0.717) is 17.9 Å². The van der Waals surface area contributed by atoms with Gasteiger partial charge in [-0.1, -0.05) is 6.92 Å². The average molecular weight is 302 g/mol. The van der Waals surface area contributed by atoms with Gasteiger partial charge in [0.15, 0.2) is 0 Å². The van der Waals surface area contributed by atoms with E-state index in [9.17, 15) is 8.42 Å². The van der Waals surface area contributed by atoms with Crippen molar-refractivity contribution in [3.63, 3.8) is 0 Å². The molecule has 0 amide bonds. The molecule has 0 spiro atoms. The lowest BCUT2D eigenvalue weighted by atomic mass is 10.2. The number of nitrogens with zero attached hydrogens (tertiary/aromatic N) is 2. The average Bonchev–Trinajstić information content (AvgIpc) is 2.92. The summed E-state index contributed by atoms with van der Waals surface area (Å²) < 4.78 is 33.1. The molecule has 2 heterocycles. The van der Waals surface area contributed by atoms with Crippen molar-refractivity contribution < 1.29 is 13.2 Å². The summed E-state index contributed by atoms with van der Waals surface area (Å²) in [7, 11) is -1.98. The van der Waals surface area contributed by atoms with E-state index in [2.05, 4.69) is 19.8 Å². The Labute approximate surface area is 119 Å². The number of methoxy groups -OCH3 is 1. The number of aryl methyl sites for hydroxylation is 2. The Balaban J connectivity index is 2.20. The summed E-state index contributed by atoms with van der Waals surface area (Å²) in [4.78, 5) is 2.40. The maximum absolute atomic E-state index is 12.5. The number of likely N-dealkylation sites (tertiary alicyclic amines) is 1. The fourth-order valence-corrected chi connectivity index (χ4v) is 4.28. The van der Waals surface area contributed by atoms with Gasteiger partial charge < -0.3 is 4.74 Å². The Kier molecular flexibility index (Phi) is 4.48. The Hall–Kier alpha value is -0.960. The minimum absolute atomic E-state index is 0.128. The quantitative estimate of drug-likeness (QED) is 0.801. The third-order valence-corrected chi connectivity index (χ3v) is 5.48. The van der Waals surface area contributed by atoms with E-state index in [-0.39, 0.29) is 17.0 Å². The predicted molar refractivity (Wildman–Crippen MR) is 75.1 cm³/mol. The van der Waals surface area contributed by atoms with Crippen LogP contribution in [-0.4, -0.2) is 62.4 Å². The lowest BCUT2D eigenvalue weighted by Gasteiger charge is -2.18. The van der Waals surface area contributed by atoms with Crippen molar-refractivity contribution in [3.05, 3.63) is 11.4 Å². The highest BCUT2D eigenvalue weighted by molar-refractivity contribution is 7.89. The zero-order valence-electron chi connectivity index (χ0n) is 12.3. The zero-order chi connectivity index (χ0) is 14.9. The van der Waals surface area contributed by atoms with E-state index in [0.717, 1.165) is 13.1 Å². The first-order valence-electron chi connectivity index (χ1n) is 6.68. The smallest absolute Gasteiger partial charge is 0.244 e. The topological polar surface area (TPSA) is 87.3 Å². The standard InChI is InChI=1S/C12H22N4O3S/c1-5-16-6-10(11(7-16)19-4)15-20(17,18)12-8(2)13-14-9(12)3/h10-11,15H,5-7H2,1-4H3,(H,13,14)/t10-,11-/m0/s1. The SMILES string of the molecule is CCN1C[C@H](NS(=O)(=O)c2c(C)n[nH]c2C)[C@@H](OC)C1. The summed E-state index contributed by atoms with van der Waals surface area (Å²) in [6.45, 7) is 7.71. The van der Waals surface area contributed by atoms with Gasteiger partial charge in [-0.05, 0) is 20.4 Å². The molecule has 2 atom stereocenters. The minimum atomic E-state index is -3.59. The highest BCUT2D eigenvalue weighted by atomic mass is 32.2. The van der Waals surface area contributed by atoms with E-state index in [1.54, 1.807) is 21.0 Å². The predicted octanol–water partition coefficient (Wildman–Crippen LogP) is 0.0239. The Bertz CT molecular complexity index is 550. The summed E-state index contributed by atoms with van der Waals surface area (Å²) >= 11 is 0. The monoisotopic (exact) mass is 302 g/mol. The number of rotatable bonds is 5. The molecule has 1 saturated heterocycles. The van der Waals surface area contributed by atoms with Crippen molar-refractivity contribution in [2.45, 2.75) is 37.8 Å². The maximum Gasteiger partial charge on any atom is 0.244 e. The van der Waals surface area contributed by atoms with Gasteiger partial charge in [-0.3, -0.25) is 10.00 Å². The molecule has 0 bridgehead atoms. The van der Waals surface area contributed by atoms with Crippen molar-refractivity contribution in [2.75, 3.05) is 26.7 Å². The van der Waals surface area contributed by atoms with Crippen LogP contribution in [0.25, 0.3) is 0 Å². The summed E-state index contributed by atoms with van der Waals surface area (Å²) in [5.74, 6) is 0. The normalized spacial score (nSPS) is 24.4. The number of hydrogen-bond acceptors (Lipinski definition) is 5. The van der Waals surface area contributed by atoms with Crippen LogP contribution in [-0.2, 0) is 14.8 Å². The number of H-pyrrole nitrogens is 1. The number of likely N-dealkylation sites (N-methyl/N-ethyl adjacent to an activating group) is 1. The fourth-order valence-electron chi connectivity index (χ4n) is 2.66. The van der Waals surface area contributed by atoms with Crippen LogP contribution in [0.5, 0.6) is 0 Å². The molecule has 7 nitrogen and oxygen atoms in total. The third-order valence-electron chi connectivity index (χ3n) is 3.73. The maximum atomic E-state index is 12.5. The molecule has 1 fully saturated rings. The molecule has 0 radical (unpaired) electrons. The van der Waals surface area contributed by atoms with Gasteiger partial charge in [0.25, 0.3) is 0 Å². The second-order valence-electron chi connectivity index (χ2n) is 5.12. The van der Waals surface area contributed by atoms with E-state index in [1.165, 1.54) is 0 Å². The molecule has 114 valence electrons. The highest BCUT2D eigenvalue weighted by Crippen LogP contribution is 2.20. The molecule has 1 aliphatic heterocycles. The molecular weight excluding hydrogens is 280 g/mol.